The van der Waals surface area contributed by atoms with Crippen molar-refractivity contribution in [3.8, 4) is 0 Å². The van der Waals surface area contributed by atoms with Crippen molar-refractivity contribution < 1.29 is 4.79 Å². The first-order valence-electron chi connectivity index (χ1n) is 5.95. The highest BCUT2D eigenvalue weighted by Crippen LogP contribution is 2.33. The SMILES string of the molecule is O=C(CC1CNc2ccccc21)Nc1ncc[nH]1. The van der Waals surface area contributed by atoms with E-state index in [2.05, 4.69) is 26.7 Å². The van der Waals surface area contributed by atoms with Crippen LogP contribution in [0.3, 0.4) is 0 Å². The lowest BCUT2D eigenvalue weighted by atomic mass is 9.98. The molecule has 1 aromatic heterocycles. The minimum atomic E-state index is -0.0200. The number of carbonyl (C=O) groups excluding carboxylic acids is 1. The molecular weight excluding hydrogens is 228 g/mol. The molecule has 2 heterocycles. The number of anilines is 2. The number of fused-ring (bicyclic) bond motifs is 1. The minimum Gasteiger partial charge on any atom is -0.384 e. The Morgan fingerprint density at radius 3 is 3.17 bits per heavy atom. The summed E-state index contributed by atoms with van der Waals surface area (Å²) in [4.78, 5) is 18.7. The molecule has 18 heavy (non-hydrogen) atoms. The van der Waals surface area contributed by atoms with Crippen molar-refractivity contribution in [1.82, 2.24) is 9.97 Å². The van der Waals surface area contributed by atoms with Gasteiger partial charge in [0.1, 0.15) is 0 Å². The van der Waals surface area contributed by atoms with Crippen molar-refractivity contribution >= 4 is 17.5 Å². The molecule has 0 saturated heterocycles. The van der Waals surface area contributed by atoms with E-state index in [0.29, 0.717) is 12.4 Å². The Morgan fingerprint density at radius 2 is 2.33 bits per heavy atom. The van der Waals surface area contributed by atoms with Crippen molar-refractivity contribution in [2.45, 2.75) is 12.3 Å². The Balaban J connectivity index is 1.66. The van der Waals surface area contributed by atoms with Crippen LogP contribution in [0.4, 0.5) is 11.6 Å². The molecular formula is C13H14N4O. The van der Waals surface area contributed by atoms with Crippen molar-refractivity contribution in [2.75, 3.05) is 17.2 Å². The second kappa shape index (κ2) is 4.52. The molecule has 2 aromatic rings. The quantitative estimate of drug-likeness (QED) is 0.770. The van der Waals surface area contributed by atoms with E-state index < -0.39 is 0 Å². The van der Waals surface area contributed by atoms with E-state index in [9.17, 15) is 4.79 Å². The molecule has 3 N–H and O–H groups in total. The van der Waals surface area contributed by atoms with Gasteiger partial charge in [0.05, 0.1) is 0 Å². The van der Waals surface area contributed by atoms with E-state index in [1.807, 2.05) is 18.2 Å². The summed E-state index contributed by atoms with van der Waals surface area (Å²) in [6.07, 6.45) is 3.76. The highest BCUT2D eigenvalue weighted by Gasteiger charge is 2.24. The first kappa shape index (κ1) is 10.8. The highest BCUT2D eigenvalue weighted by molar-refractivity contribution is 5.90. The molecule has 5 heteroatoms. The number of benzene rings is 1. The smallest absolute Gasteiger partial charge is 0.227 e. The normalized spacial score (nSPS) is 17.0. The number of amides is 1. The van der Waals surface area contributed by atoms with Crippen LogP contribution in [0.15, 0.2) is 36.7 Å². The van der Waals surface area contributed by atoms with Gasteiger partial charge in [0.15, 0.2) is 0 Å². The number of aromatic nitrogens is 2. The third-order valence-corrected chi connectivity index (χ3v) is 3.13. The van der Waals surface area contributed by atoms with Gasteiger partial charge in [0, 0.05) is 37.0 Å². The van der Waals surface area contributed by atoms with Crippen molar-refractivity contribution in [2.24, 2.45) is 0 Å². The molecule has 1 aliphatic rings. The largest absolute Gasteiger partial charge is 0.384 e. The van der Waals surface area contributed by atoms with Gasteiger partial charge in [-0.05, 0) is 11.6 Å². The first-order valence-corrected chi connectivity index (χ1v) is 5.95. The van der Waals surface area contributed by atoms with Crippen molar-refractivity contribution in [3.05, 3.63) is 42.2 Å². The number of carbonyl (C=O) groups is 1. The topological polar surface area (TPSA) is 69.8 Å². The molecule has 0 spiro atoms. The second-order valence-electron chi connectivity index (χ2n) is 4.36. The zero-order valence-electron chi connectivity index (χ0n) is 9.81. The Labute approximate surface area is 105 Å². The van der Waals surface area contributed by atoms with Gasteiger partial charge < -0.3 is 10.3 Å². The molecule has 0 saturated carbocycles. The molecule has 0 fully saturated rings. The van der Waals surface area contributed by atoms with Gasteiger partial charge >= 0.3 is 0 Å². The summed E-state index contributed by atoms with van der Waals surface area (Å²) >= 11 is 0. The van der Waals surface area contributed by atoms with E-state index in [4.69, 9.17) is 0 Å². The molecule has 5 nitrogen and oxygen atoms in total. The predicted molar refractivity (Wildman–Crippen MR) is 69.5 cm³/mol. The van der Waals surface area contributed by atoms with Crippen LogP contribution in [-0.2, 0) is 4.79 Å². The van der Waals surface area contributed by atoms with Gasteiger partial charge in [-0.15, -0.1) is 0 Å². The van der Waals surface area contributed by atoms with E-state index in [-0.39, 0.29) is 11.8 Å². The van der Waals surface area contributed by atoms with Crippen LogP contribution in [0, 0.1) is 0 Å². The van der Waals surface area contributed by atoms with Gasteiger partial charge in [-0.1, -0.05) is 18.2 Å². The fraction of sp³-hybridized carbons (Fsp3) is 0.231. The molecule has 0 aliphatic carbocycles. The first-order chi connectivity index (χ1) is 8.83. The van der Waals surface area contributed by atoms with Gasteiger partial charge in [0.2, 0.25) is 11.9 Å². The monoisotopic (exact) mass is 242 g/mol. The third-order valence-electron chi connectivity index (χ3n) is 3.13. The number of rotatable bonds is 3. The van der Waals surface area contributed by atoms with Crippen LogP contribution < -0.4 is 10.6 Å². The third kappa shape index (κ3) is 2.07. The van der Waals surface area contributed by atoms with E-state index in [1.165, 1.54) is 5.56 Å². The van der Waals surface area contributed by atoms with Crippen LogP contribution in [0.2, 0.25) is 0 Å². The Kier molecular flexibility index (Phi) is 2.72. The summed E-state index contributed by atoms with van der Waals surface area (Å²) in [5.41, 5.74) is 2.35. The predicted octanol–water partition coefficient (Wildman–Crippen LogP) is 1.95. The Morgan fingerprint density at radius 1 is 1.44 bits per heavy atom. The number of hydrogen-bond acceptors (Lipinski definition) is 3. The number of imidazole rings is 1. The van der Waals surface area contributed by atoms with Crippen LogP contribution in [0.5, 0.6) is 0 Å². The lowest BCUT2D eigenvalue weighted by molar-refractivity contribution is -0.116. The Bertz CT molecular complexity index is 550. The highest BCUT2D eigenvalue weighted by atomic mass is 16.1. The Hall–Kier alpha value is -2.30. The maximum atomic E-state index is 11.9. The molecule has 1 unspecified atom stereocenters. The maximum absolute atomic E-state index is 11.9. The number of nitrogens with zero attached hydrogens (tertiary/aromatic N) is 1. The van der Waals surface area contributed by atoms with Gasteiger partial charge in [-0.3, -0.25) is 10.1 Å². The van der Waals surface area contributed by atoms with E-state index in [1.54, 1.807) is 12.4 Å². The van der Waals surface area contributed by atoms with Crippen LogP contribution in [0.25, 0.3) is 0 Å². The summed E-state index contributed by atoms with van der Waals surface area (Å²) in [5, 5.41) is 6.06. The number of nitrogens with one attached hydrogen (secondary N) is 3. The molecule has 1 amide bonds. The lowest BCUT2D eigenvalue weighted by Crippen LogP contribution is -2.17. The molecule has 1 atom stereocenters. The summed E-state index contributed by atoms with van der Waals surface area (Å²) < 4.78 is 0. The van der Waals surface area contributed by atoms with Crippen LogP contribution in [-0.4, -0.2) is 22.4 Å². The average Bonchev–Trinajstić information content (AvgIpc) is 3.00. The summed E-state index contributed by atoms with van der Waals surface area (Å²) in [6, 6.07) is 8.11. The minimum absolute atomic E-state index is 0.0200. The van der Waals surface area contributed by atoms with Gasteiger partial charge in [0.25, 0.3) is 0 Å². The summed E-state index contributed by atoms with van der Waals surface area (Å²) in [7, 11) is 0. The molecule has 0 bridgehead atoms. The number of H-pyrrole nitrogens is 1. The second-order valence-corrected chi connectivity index (χ2v) is 4.36. The number of aromatic amines is 1. The fourth-order valence-electron chi connectivity index (χ4n) is 2.28. The number of para-hydroxylation sites is 1. The summed E-state index contributed by atoms with van der Waals surface area (Å²) in [5.74, 6) is 0.712. The molecule has 1 aliphatic heterocycles. The van der Waals surface area contributed by atoms with Crippen molar-refractivity contribution in [1.29, 1.82) is 0 Å². The van der Waals surface area contributed by atoms with Crippen LogP contribution >= 0.6 is 0 Å². The molecule has 92 valence electrons. The van der Waals surface area contributed by atoms with Gasteiger partial charge in [-0.2, -0.15) is 0 Å². The van der Waals surface area contributed by atoms with E-state index in [0.717, 1.165) is 12.2 Å². The zero-order valence-corrected chi connectivity index (χ0v) is 9.81. The molecule has 1 aromatic carbocycles. The van der Waals surface area contributed by atoms with Crippen molar-refractivity contribution in [3.63, 3.8) is 0 Å². The number of hydrogen-bond donors (Lipinski definition) is 3. The molecule has 0 radical (unpaired) electrons. The zero-order chi connectivity index (χ0) is 12.4. The standard InChI is InChI=1S/C13H14N4O/c18-12(17-13-14-5-6-15-13)7-9-8-16-11-4-2-1-3-10(9)11/h1-6,9,16H,7-8H2,(H2,14,15,17,18). The summed E-state index contributed by atoms with van der Waals surface area (Å²) in [6.45, 7) is 0.810. The van der Waals surface area contributed by atoms with Gasteiger partial charge in [-0.25, -0.2) is 4.98 Å². The average molecular weight is 242 g/mol. The molecule has 3 rings (SSSR count). The van der Waals surface area contributed by atoms with Crippen LogP contribution in [0.1, 0.15) is 17.9 Å². The maximum Gasteiger partial charge on any atom is 0.227 e. The fourth-order valence-corrected chi connectivity index (χ4v) is 2.28. The lowest BCUT2D eigenvalue weighted by Gasteiger charge is -2.09. The van der Waals surface area contributed by atoms with E-state index >= 15 is 0 Å².